The van der Waals surface area contributed by atoms with Gasteiger partial charge in [-0.3, -0.25) is 0 Å². The van der Waals surface area contributed by atoms with Gasteiger partial charge in [-0.2, -0.15) is 0 Å². The molecule has 0 saturated heterocycles. The molecule has 2 nitrogen and oxygen atoms in total. The third-order valence-electron chi connectivity index (χ3n) is 4.76. The highest BCUT2D eigenvalue weighted by atomic mass is 16.3. The number of aryl methyl sites for hydroxylation is 2. The van der Waals surface area contributed by atoms with E-state index in [-0.39, 0.29) is 0 Å². The van der Waals surface area contributed by atoms with E-state index < -0.39 is 0 Å². The van der Waals surface area contributed by atoms with Crippen molar-refractivity contribution in [1.82, 2.24) is 5.32 Å². The van der Waals surface area contributed by atoms with Gasteiger partial charge in [0.15, 0.2) is 0 Å². The van der Waals surface area contributed by atoms with Crippen LogP contribution in [0.4, 0.5) is 0 Å². The Balaban J connectivity index is 2.00. The van der Waals surface area contributed by atoms with Gasteiger partial charge in [0.1, 0.15) is 11.5 Å². The average molecular weight is 249 g/mol. The van der Waals surface area contributed by atoms with E-state index in [2.05, 4.69) is 39.1 Å². The maximum Gasteiger partial charge on any atom is 0.105 e. The van der Waals surface area contributed by atoms with E-state index >= 15 is 0 Å². The minimum absolute atomic E-state index is 0.394. The molecule has 18 heavy (non-hydrogen) atoms. The van der Waals surface area contributed by atoms with Gasteiger partial charge in [0.2, 0.25) is 0 Å². The van der Waals surface area contributed by atoms with Crippen LogP contribution in [0.2, 0.25) is 0 Å². The predicted octanol–water partition coefficient (Wildman–Crippen LogP) is 4.37. The zero-order valence-corrected chi connectivity index (χ0v) is 12.4. The molecule has 0 aromatic carbocycles. The molecule has 0 amide bonds. The van der Waals surface area contributed by atoms with Crippen LogP contribution in [-0.4, -0.2) is 6.04 Å². The van der Waals surface area contributed by atoms with Crippen LogP contribution in [0.3, 0.4) is 0 Å². The molecule has 0 aliphatic heterocycles. The Kier molecular flexibility index (Phi) is 4.16. The highest BCUT2D eigenvalue weighted by Gasteiger charge is 2.32. The van der Waals surface area contributed by atoms with Gasteiger partial charge >= 0.3 is 0 Å². The lowest BCUT2D eigenvalue weighted by Crippen LogP contribution is -2.34. The van der Waals surface area contributed by atoms with Crippen molar-refractivity contribution in [3.8, 4) is 0 Å². The van der Waals surface area contributed by atoms with E-state index in [9.17, 15) is 0 Å². The molecular weight excluding hydrogens is 222 g/mol. The molecule has 0 bridgehead atoms. The minimum atomic E-state index is 0.394. The summed E-state index contributed by atoms with van der Waals surface area (Å²) in [7, 11) is 0. The first-order valence-electron chi connectivity index (χ1n) is 7.35. The molecule has 1 aliphatic rings. The van der Waals surface area contributed by atoms with E-state index in [0.29, 0.717) is 12.1 Å². The molecule has 1 heterocycles. The third kappa shape index (κ3) is 2.64. The van der Waals surface area contributed by atoms with Crippen LogP contribution in [0, 0.1) is 25.7 Å². The zero-order valence-electron chi connectivity index (χ0n) is 12.4. The van der Waals surface area contributed by atoms with Crippen molar-refractivity contribution in [2.75, 3.05) is 0 Å². The first-order valence-corrected chi connectivity index (χ1v) is 7.35. The fourth-order valence-corrected chi connectivity index (χ4v) is 3.55. The second-order valence-electron chi connectivity index (χ2n) is 5.97. The Morgan fingerprint density at radius 2 is 2.11 bits per heavy atom. The monoisotopic (exact) mass is 249 g/mol. The van der Waals surface area contributed by atoms with Crippen molar-refractivity contribution in [3.63, 3.8) is 0 Å². The standard InChI is InChI=1S/C16H27NO/c1-6-14-7-8-16(11(14)3)17-12(4)15-9-10(2)18-13(15)5/h9,11-12,14,16-17H,6-8H2,1-5H3. The van der Waals surface area contributed by atoms with Crippen LogP contribution >= 0.6 is 0 Å². The second-order valence-corrected chi connectivity index (χ2v) is 5.97. The van der Waals surface area contributed by atoms with E-state index in [1.165, 1.54) is 24.8 Å². The van der Waals surface area contributed by atoms with Crippen molar-refractivity contribution in [3.05, 3.63) is 23.2 Å². The molecular formula is C16H27NO. The molecule has 102 valence electrons. The summed E-state index contributed by atoms with van der Waals surface area (Å²) >= 11 is 0. The molecule has 1 N–H and O–H groups in total. The molecule has 4 unspecified atom stereocenters. The van der Waals surface area contributed by atoms with E-state index in [1.807, 2.05) is 6.92 Å². The predicted molar refractivity (Wildman–Crippen MR) is 75.7 cm³/mol. The van der Waals surface area contributed by atoms with Crippen molar-refractivity contribution in [2.24, 2.45) is 11.8 Å². The molecule has 4 atom stereocenters. The highest BCUT2D eigenvalue weighted by Crippen LogP contribution is 2.35. The average Bonchev–Trinajstić information content (AvgIpc) is 2.83. The van der Waals surface area contributed by atoms with Crippen LogP contribution in [0.15, 0.2) is 10.5 Å². The maximum atomic E-state index is 5.63. The van der Waals surface area contributed by atoms with E-state index in [0.717, 1.165) is 23.4 Å². The Labute approximate surface area is 111 Å². The summed E-state index contributed by atoms with van der Waals surface area (Å²) in [6.07, 6.45) is 4.02. The third-order valence-corrected chi connectivity index (χ3v) is 4.76. The van der Waals surface area contributed by atoms with Gasteiger partial charge in [-0.25, -0.2) is 0 Å². The molecule has 0 spiro atoms. The molecule has 0 radical (unpaired) electrons. The molecule has 1 aliphatic carbocycles. The van der Waals surface area contributed by atoms with Gasteiger partial charge < -0.3 is 9.73 Å². The number of nitrogens with one attached hydrogen (secondary N) is 1. The van der Waals surface area contributed by atoms with Crippen molar-refractivity contribution >= 4 is 0 Å². The summed E-state index contributed by atoms with van der Waals surface area (Å²) in [5, 5.41) is 3.80. The van der Waals surface area contributed by atoms with Crippen molar-refractivity contribution < 1.29 is 4.42 Å². The first kappa shape index (κ1) is 13.7. The Bertz CT molecular complexity index is 396. The van der Waals surface area contributed by atoms with Crippen LogP contribution in [0.1, 0.15) is 63.2 Å². The quantitative estimate of drug-likeness (QED) is 0.857. The van der Waals surface area contributed by atoms with E-state index in [4.69, 9.17) is 4.42 Å². The smallest absolute Gasteiger partial charge is 0.105 e. The van der Waals surface area contributed by atoms with Gasteiger partial charge in [-0.05, 0) is 51.5 Å². The summed E-state index contributed by atoms with van der Waals surface area (Å²) in [6, 6.07) is 3.23. The number of furan rings is 1. The number of hydrogen-bond acceptors (Lipinski definition) is 2. The normalized spacial score (nSPS) is 29.7. The molecule has 1 aromatic rings. The van der Waals surface area contributed by atoms with Crippen LogP contribution in [0.5, 0.6) is 0 Å². The second kappa shape index (κ2) is 5.48. The molecule has 2 rings (SSSR count). The van der Waals surface area contributed by atoms with Crippen LogP contribution < -0.4 is 5.32 Å². The Hall–Kier alpha value is -0.760. The first-order chi connectivity index (χ1) is 8.52. The number of hydrogen-bond donors (Lipinski definition) is 1. The maximum absolute atomic E-state index is 5.63. The fourth-order valence-electron chi connectivity index (χ4n) is 3.55. The molecule has 1 aromatic heterocycles. The Morgan fingerprint density at radius 1 is 1.39 bits per heavy atom. The lowest BCUT2D eigenvalue weighted by atomic mass is 9.93. The molecule has 2 heteroatoms. The fraction of sp³-hybridized carbons (Fsp3) is 0.750. The zero-order chi connectivity index (χ0) is 13.3. The number of rotatable bonds is 4. The van der Waals surface area contributed by atoms with Gasteiger partial charge in [-0.1, -0.05) is 20.3 Å². The lowest BCUT2D eigenvalue weighted by Gasteiger charge is -2.24. The van der Waals surface area contributed by atoms with E-state index in [1.54, 1.807) is 0 Å². The summed E-state index contributed by atoms with van der Waals surface area (Å²) in [6.45, 7) is 11.1. The topological polar surface area (TPSA) is 25.2 Å². The lowest BCUT2D eigenvalue weighted by molar-refractivity contribution is 0.326. The summed E-state index contributed by atoms with van der Waals surface area (Å²) in [5.41, 5.74) is 1.32. The Morgan fingerprint density at radius 3 is 2.61 bits per heavy atom. The minimum Gasteiger partial charge on any atom is -0.466 e. The van der Waals surface area contributed by atoms with Gasteiger partial charge in [0.25, 0.3) is 0 Å². The molecule has 1 fully saturated rings. The van der Waals surface area contributed by atoms with Crippen LogP contribution in [0.25, 0.3) is 0 Å². The van der Waals surface area contributed by atoms with Gasteiger partial charge in [-0.15, -0.1) is 0 Å². The van der Waals surface area contributed by atoms with Crippen molar-refractivity contribution in [1.29, 1.82) is 0 Å². The highest BCUT2D eigenvalue weighted by molar-refractivity contribution is 5.23. The van der Waals surface area contributed by atoms with Gasteiger partial charge in [0, 0.05) is 17.6 Å². The van der Waals surface area contributed by atoms with Crippen molar-refractivity contribution in [2.45, 2.75) is 66.0 Å². The van der Waals surface area contributed by atoms with Crippen LogP contribution in [-0.2, 0) is 0 Å². The summed E-state index contributed by atoms with van der Waals surface area (Å²) in [4.78, 5) is 0. The summed E-state index contributed by atoms with van der Waals surface area (Å²) < 4.78 is 5.63. The SMILES string of the molecule is CCC1CCC(NC(C)c2cc(C)oc2C)C1C. The summed E-state index contributed by atoms with van der Waals surface area (Å²) in [5.74, 6) is 3.78. The molecule has 1 saturated carbocycles. The van der Waals surface area contributed by atoms with Gasteiger partial charge in [0.05, 0.1) is 0 Å². The largest absolute Gasteiger partial charge is 0.466 e.